The maximum atomic E-state index is 13.6. The number of benzene rings is 2. The minimum absolute atomic E-state index is 0.0103. The number of ether oxygens (including phenoxy) is 1. The van der Waals surface area contributed by atoms with E-state index in [4.69, 9.17) is 9.15 Å². The highest BCUT2D eigenvalue weighted by molar-refractivity contribution is 6.12. The Morgan fingerprint density at radius 2 is 1.86 bits per heavy atom. The SMILES string of the molecule is N#CC1=C(c2ccc(F)cc2)N=C2COC(=O)C2C1c1cc2c(NC(=O)c3ccccc3)nccc2o1. The zero-order chi connectivity index (χ0) is 25.5. The quantitative estimate of drug-likeness (QED) is 0.407. The average Bonchev–Trinajstić information content (AvgIpc) is 3.52. The number of aromatic nitrogens is 1. The molecule has 180 valence electrons. The molecule has 2 aliphatic heterocycles. The predicted molar refractivity (Wildman–Crippen MR) is 132 cm³/mol. The molecule has 0 saturated carbocycles. The summed E-state index contributed by atoms with van der Waals surface area (Å²) in [5.41, 5.74) is 2.40. The van der Waals surface area contributed by atoms with Crippen LogP contribution in [-0.2, 0) is 9.53 Å². The molecule has 2 aliphatic rings. The summed E-state index contributed by atoms with van der Waals surface area (Å²) in [5, 5.41) is 13.5. The Balaban J connectivity index is 1.46. The Hall–Kier alpha value is -5.10. The number of hydrogen-bond acceptors (Lipinski definition) is 7. The first-order chi connectivity index (χ1) is 18.0. The zero-order valence-corrected chi connectivity index (χ0v) is 19.1. The molecule has 4 aromatic rings. The topological polar surface area (TPSA) is 118 Å². The van der Waals surface area contributed by atoms with Crippen molar-refractivity contribution >= 4 is 40.1 Å². The number of rotatable bonds is 4. The van der Waals surface area contributed by atoms with Crippen LogP contribution in [0.5, 0.6) is 0 Å². The molecule has 2 aromatic carbocycles. The molecule has 1 fully saturated rings. The minimum Gasteiger partial charge on any atom is -0.460 e. The Kier molecular flexibility index (Phi) is 5.34. The number of esters is 1. The fourth-order valence-electron chi connectivity index (χ4n) is 4.67. The van der Waals surface area contributed by atoms with E-state index in [1.807, 2.05) is 6.07 Å². The number of halogens is 1. The van der Waals surface area contributed by atoms with Gasteiger partial charge in [0.1, 0.15) is 35.5 Å². The first kappa shape index (κ1) is 22.4. The third-order valence-corrected chi connectivity index (χ3v) is 6.41. The lowest BCUT2D eigenvalue weighted by atomic mass is 9.78. The molecular formula is C28H17FN4O4. The number of nitrogens with zero attached hydrogens (tertiary/aromatic N) is 3. The molecule has 2 atom stereocenters. The van der Waals surface area contributed by atoms with Crippen LogP contribution in [-0.4, -0.2) is 29.2 Å². The summed E-state index contributed by atoms with van der Waals surface area (Å²) in [6, 6.07) is 19.8. The maximum absolute atomic E-state index is 13.6. The van der Waals surface area contributed by atoms with Crippen molar-refractivity contribution in [1.29, 1.82) is 5.26 Å². The van der Waals surface area contributed by atoms with Crippen molar-refractivity contribution < 1.29 is 23.1 Å². The van der Waals surface area contributed by atoms with E-state index in [9.17, 15) is 19.2 Å². The van der Waals surface area contributed by atoms with Crippen LogP contribution in [0.1, 0.15) is 27.6 Å². The second kappa shape index (κ2) is 8.84. The van der Waals surface area contributed by atoms with Gasteiger partial charge in [-0.25, -0.2) is 9.37 Å². The van der Waals surface area contributed by atoms with Crippen LogP contribution in [0.4, 0.5) is 10.2 Å². The largest absolute Gasteiger partial charge is 0.460 e. The number of aliphatic imine (C=N–C) groups is 1. The fourth-order valence-corrected chi connectivity index (χ4v) is 4.67. The number of allylic oxidation sites excluding steroid dienone is 1. The highest BCUT2D eigenvalue weighted by Crippen LogP contribution is 2.45. The highest BCUT2D eigenvalue weighted by Gasteiger charge is 2.47. The van der Waals surface area contributed by atoms with Gasteiger partial charge in [-0.1, -0.05) is 18.2 Å². The number of nitrogens with one attached hydrogen (secondary N) is 1. The number of fused-ring (bicyclic) bond motifs is 2. The van der Waals surface area contributed by atoms with E-state index in [0.29, 0.717) is 39.3 Å². The Morgan fingerprint density at radius 3 is 2.62 bits per heavy atom. The number of carbonyl (C=O) groups excluding carboxylic acids is 2. The number of amides is 1. The van der Waals surface area contributed by atoms with E-state index in [0.717, 1.165) is 0 Å². The van der Waals surface area contributed by atoms with E-state index in [1.165, 1.54) is 30.5 Å². The maximum Gasteiger partial charge on any atom is 0.316 e. The third-order valence-electron chi connectivity index (χ3n) is 6.41. The van der Waals surface area contributed by atoms with E-state index in [2.05, 4.69) is 21.4 Å². The Bertz CT molecular complexity index is 1670. The van der Waals surface area contributed by atoms with E-state index < -0.39 is 23.6 Å². The van der Waals surface area contributed by atoms with Crippen molar-refractivity contribution in [2.45, 2.75) is 5.92 Å². The van der Waals surface area contributed by atoms with Crippen molar-refractivity contribution in [1.82, 2.24) is 4.98 Å². The molecule has 9 heteroatoms. The average molecular weight is 492 g/mol. The van der Waals surface area contributed by atoms with Crippen LogP contribution in [0.3, 0.4) is 0 Å². The summed E-state index contributed by atoms with van der Waals surface area (Å²) in [4.78, 5) is 34.3. The molecule has 0 bridgehead atoms. The lowest BCUT2D eigenvalue weighted by Gasteiger charge is -2.24. The molecule has 2 unspecified atom stereocenters. The minimum atomic E-state index is -0.838. The van der Waals surface area contributed by atoms with E-state index in [-0.39, 0.29) is 23.9 Å². The summed E-state index contributed by atoms with van der Waals surface area (Å²) in [6.45, 7) is -0.0103. The van der Waals surface area contributed by atoms with Gasteiger partial charge in [-0.3, -0.25) is 14.6 Å². The summed E-state index contributed by atoms with van der Waals surface area (Å²) in [5.74, 6) is -2.33. The molecule has 0 radical (unpaired) electrons. The van der Waals surface area contributed by atoms with Crippen LogP contribution in [0.15, 0.2) is 87.9 Å². The summed E-state index contributed by atoms with van der Waals surface area (Å²) >= 11 is 0. The number of hydrogen-bond donors (Lipinski definition) is 1. The van der Waals surface area contributed by atoms with Crippen LogP contribution in [0.25, 0.3) is 16.7 Å². The van der Waals surface area contributed by atoms with Gasteiger partial charge in [0.25, 0.3) is 5.91 Å². The Labute approximate surface area is 209 Å². The summed E-state index contributed by atoms with van der Waals surface area (Å²) in [6.07, 6.45) is 1.50. The Morgan fingerprint density at radius 1 is 1.08 bits per heavy atom. The lowest BCUT2D eigenvalue weighted by molar-refractivity contribution is -0.141. The van der Waals surface area contributed by atoms with E-state index >= 15 is 0 Å². The molecule has 1 amide bonds. The number of pyridine rings is 1. The van der Waals surface area contributed by atoms with Crippen molar-refractivity contribution in [2.24, 2.45) is 10.9 Å². The fraction of sp³-hybridized carbons (Fsp3) is 0.107. The molecular weight excluding hydrogens is 475 g/mol. The molecule has 2 aromatic heterocycles. The molecule has 37 heavy (non-hydrogen) atoms. The van der Waals surface area contributed by atoms with Crippen molar-refractivity contribution in [3.63, 3.8) is 0 Å². The van der Waals surface area contributed by atoms with Crippen LogP contribution >= 0.6 is 0 Å². The van der Waals surface area contributed by atoms with Gasteiger partial charge in [-0.05, 0) is 48.5 Å². The van der Waals surface area contributed by atoms with Gasteiger partial charge in [-0.2, -0.15) is 5.26 Å². The van der Waals surface area contributed by atoms with Gasteiger partial charge in [0.2, 0.25) is 0 Å². The van der Waals surface area contributed by atoms with Gasteiger partial charge in [0, 0.05) is 17.3 Å². The molecule has 6 rings (SSSR count). The van der Waals surface area contributed by atoms with Crippen LogP contribution < -0.4 is 5.32 Å². The lowest BCUT2D eigenvalue weighted by Crippen LogP contribution is -2.28. The molecule has 8 nitrogen and oxygen atoms in total. The predicted octanol–water partition coefficient (Wildman–Crippen LogP) is 4.87. The van der Waals surface area contributed by atoms with Gasteiger partial charge < -0.3 is 14.5 Å². The summed E-state index contributed by atoms with van der Waals surface area (Å²) in [7, 11) is 0. The molecule has 1 N–H and O–H groups in total. The molecule has 4 heterocycles. The molecule has 0 aliphatic carbocycles. The standard InChI is InChI=1S/C28H17FN4O4/c29-17-8-6-15(7-9-17)25-19(13-30)23(24-20(32-25)14-36-28(24)35)22-12-18-21(37-22)10-11-31-26(18)33-27(34)16-4-2-1-3-5-16/h1-12,23-24H,14H2,(H,31,33,34). The smallest absolute Gasteiger partial charge is 0.316 e. The second-order valence-electron chi connectivity index (χ2n) is 8.59. The van der Waals surface area contributed by atoms with Crippen LogP contribution in [0, 0.1) is 23.1 Å². The van der Waals surface area contributed by atoms with Gasteiger partial charge >= 0.3 is 5.97 Å². The number of anilines is 1. The van der Waals surface area contributed by atoms with Crippen molar-refractivity contribution in [3.8, 4) is 6.07 Å². The monoisotopic (exact) mass is 492 g/mol. The highest BCUT2D eigenvalue weighted by atomic mass is 19.1. The number of cyclic esters (lactones) is 1. The van der Waals surface area contributed by atoms with Gasteiger partial charge in [0.05, 0.1) is 34.4 Å². The third kappa shape index (κ3) is 3.85. The zero-order valence-electron chi connectivity index (χ0n) is 19.1. The number of furan rings is 1. The summed E-state index contributed by atoms with van der Waals surface area (Å²) < 4.78 is 25.0. The molecule has 0 spiro atoms. The first-order valence-electron chi connectivity index (χ1n) is 11.4. The van der Waals surface area contributed by atoms with Gasteiger partial charge in [0.15, 0.2) is 0 Å². The van der Waals surface area contributed by atoms with Crippen LogP contribution in [0.2, 0.25) is 0 Å². The van der Waals surface area contributed by atoms with E-state index in [1.54, 1.807) is 36.4 Å². The second-order valence-corrected chi connectivity index (χ2v) is 8.59. The van der Waals surface area contributed by atoms with Gasteiger partial charge in [-0.15, -0.1) is 0 Å². The van der Waals surface area contributed by atoms with Crippen molar-refractivity contribution in [2.75, 3.05) is 11.9 Å². The first-order valence-corrected chi connectivity index (χ1v) is 11.4. The normalized spacial score (nSPS) is 18.7. The number of carbonyl (C=O) groups is 2. The number of nitriles is 1. The van der Waals surface area contributed by atoms with Crippen molar-refractivity contribution in [3.05, 3.63) is 101 Å². The molecule has 1 saturated heterocycles.